The lowest BCUT2D eigenvalue weighted by Gasteiger charge is -2.04. The molecule has 1 N–H and O–H groups in total. The van der Waals surface area contributed by atoms with Crippen LogP contribution in [0.15, 0.2) is 30.3 Å². The van der Waals surface area contributed by atoms with Crippen LogP contribution in [0, 0.1) is 0 Å². The third kappa shape index (κ3) is 23.4. The fourth-order valence-electron chi connectivity index (χ4n) is 5.03. The molecule has 38 heavy (non-hydrogen) atoms. The summed E-state index contributed by atoms with van der Waals surface area (Å²) in [7, 11) is 0. The summed E-state index contributed by atoms with van der Waals surface area (Å²) in [5.41, 5.74) is 0.870. The maximum Gasteiger partial charge on any atom is 0.330 e. The van der Waals surface area contributed by atoms with Crippen LogP contribution in [0.25, 0.3) is 6.08 Å². The highest BCUT2D eigenvalue weighted by Crippen LogP contribution is 2.16. The van der Waals surface area contributed by atoms with Crippen molar-refractivity contribution in [3.8, 4) is 5.75 Å². The number of rotatable bonds is 27. The van der Waals surface area contributed by atoms with Crippen LogP contribution in [0.3, 0.4) is 0 Å². The van der Waals surface area contributed by atoms with Crippen LogP contribution in [0.4, 0.5) is 0 Å². The van der Waals surface area contributed by atoms with E-state index in [2.05, 4.69) is 6.92 Å². The van der Waals surface area contributed by atoms with Gasteiger partial charge in [0.25, 0.3) is 0 Å². The second kappa shape index (κ2) is 26.8. The van der Waals surface area contributed by atoms with Gasteiger partial charge in [-0.3, -0.25) is 0 Å². The summed E-state index contributed by atoms with van der Waals surface area (Å²) >= 11 is 0. The summed E-state index contributed by atoms with van der Waals surface area (Å²) < 4.78 is 5.26. The fraction of sp³-hybridized carbons (Fsp3) is 0.743. The molecule has 3 heteroatoms. The van der Waals surface area contributed by atoms with Crippen molar-refractivity contribution in [1.82, 2.24) is 0 Å². The van der Waals surface area contributed by atoms with E-state index in [0.29, 0.717) is 6.61 Å². The van der Waals surface area contributed by atoms with E-state index in [4.69, 9.17) is 4.74 Å². The predicted octanol–water partition coefficient (Wildman–Crippen LogP) is 11.3. The van der Waals surface area contributed by atoms with Crippen LogP contribution in [0.1, 0.15) is 167 Å². The first-order valence-electron chi connectivity index (χ1n) is 16.4. The van der Waals surface area contributed by atoms with Crippen molar-refractivity contribution in [3.05, 3.63) is 35.9 Å². The summed E-state index contributed by atoms with van der Waals surface area (Å²) in [5, 5.41) is 9.27. The Labute approximate surface area is 235 Å². The third-order valence-electron chi connectivity index (χ3n) is 7.55. The highest BCUT2D eigenvalue weighted by Gasteiger charge is 1.99. The SMILES string of the molecule is CCCCCCCCCCCCCCCCCCCCCCCCCCOC(=O)/C=C/c1ccc(O)cc1. The molecule has 1 rings (SSSR count). The highest BCUT2D eigenvalue weighted by molar-refractivity contribution is 5.87. The third-order valence-corrected chi connectivity index (χ3v) is 7.55. The number of benzene rings is 1. The first kappa shape index (κ1) is 34.3. The zero-order valence-corrected chi connectivity index (χ0v) is 24.9. The van der Waals surface area contributed by atoms with E-state index >= 15 is 0 Å². The van der Waals surface area contributed by atoms with Crippen LogP contribution in [-0.2, 0) is 9.53 Å². The van der Waals surface area contributed by atoms with Gasteiger partial charge in [-0.15, -0.1) is 0 Å². The molecule has 0 aromatic heterocycles. The number of unbranched alkanes of at least 4 members (excludes halogenated alkanes) is 23. The van der Waals surface area contributed by atoms with E-state index in [0.717, 1.165) is 18.4 Å². The van der Waals surface area contributed by atoms with Gasteiger partial charge in [-0.25, -0.2) is 4.79 Å². The zero-order chi connectivity index (χ0) is 27.4. The lowest BCUT2D eigenvalue weighted by atomic mass is 10.0. The van der Waals surface area contributed by atoms with Gasteiger partial charge in [0.1, 0.15) is 5.75 Å². The molecule has 1 aromatic rings. The standard InChI is InChI=1S/C35H60O3/c1-2-3-4-5-6-7-8-9-10-11-12-13-14-15-16-17-18-19-20-21-22-23-24-25-32-38-35(37)31-28-33-26-29-34(36)30-27-33/h26-31,36H,2-25,32H2,1H3/b31-28+. The van der Waals surface area contributed by atoms with E-state index in [1.54, 1.807) is 30.3 Å². The first-order chi connectivity index (χ1) is 18.7. The number of phenols is 1. The Morgan fingerprint density at radius 1 is 0.579 bits per heavy atom. The Bertz CT molecular complexity index is 664. The molecule has 0 saturated carbocycles. The Balaban J connectivity index is 1.72. The van der Waals surface area contributed by atoms with Gasteiger partial charge < -0.3 is 9.84 Å². The van der Waals surface area contributed by atoms with E-state index in [9.17, 15) is 9.90 Å². The van der Waals surface area contributed by atoms with Crippen molar-refractivity contribution in [3.63, 3.8) is 0 Å². The van der Waals surface area contributed by atoms with Crippen LogP contribution in [0.2, 0.25) is 0 Å². The highest BCUT2D eigenvalue weighted by atomic mass is 16.5. The molecule has 1 aromatic carbocycles. The molecule has 0 aliphatic rings. The molecule has 0 spiro atoms. The number of hydrogen-bond donors (Lipinski definition) is 1. The summed E-state index contributed by atoms with van der Waals surface area (Å²) in [5.74, 6) is -0.0766. The molecular formula is C35H60O3. The lowest BCUT2D eigenvalue weighted by Crippen LogP contribution is -2.02. The lowest BCUT2D eigenvalue weighted by molar-refractivity contribution is -0.137. The normalized spacial score (nSPS) is 11.4. The summed E-state index contributed by atoms with van der Waals surface area (Å²) in [6.07, 6.45) is 36.4. The predicted molar refractivity (Wildman–Crippen MR) is 165 cm³/mol. The number of carbonyl (C=O) groups excluding carboxylic acids is 1. The molecule has 0 radical (unpaired) electrons. The number of ether oxygens (including phenoxy) is 1. The number of phenolic OH excluding ortho intramolecular Hbond substituents is 1. The van der Waals surface area contributed by atoms with Gasteiger partial charge in [0, 0.05) is 6.08 Å². The molecule has 0 aliphatic heterocycles. The molecule has 3 nitrogen and oxygen atoms in total. The number of esters is 1. The molecule has 218 valence electrons. The quantitative estimate of drug-likeness (QED) is 0.0701. The molecular weight excluding hydrogens is 468 g/mol. The second-order valence-electron chi connectivity index (χ2n) is 11.2. The van der Waals surface area contributed by atoms with Crippen molar-refractivity contribution in [1.29, 1.82) is 0 Å². The minimum atomic E-state index is -0.299. The Morgan fingerprint density at radius 3 is 1.29 bits per heavy atom. The van der Waals surface area contributed by atoms with E-state index in [1.807, 2.05) is 0 Å². The zero-order valence-electron chi connectivity index (χ0n) is 24.9. The monoisotopic (exact) mass is 528 g/mol. The van der Waals surface area contributed by atoms with Crippen molar-refractivity contribution < 1.29 is 14.6 Å². The largest absolute Gasteiger partial charge is 0.508 e. The minimum Gasteiger partial charge on any atom is -0.508 e. The molecule has 0 fully saturated rings. The minimum absolute atomic E-state index is 0.222. The molecule has 0 atom stereocenters. The van der Waals surface area contributed by atoms with E-state index < -0.39 is 0 Å². The van der Waals surface area contributed by atoms with Crippen molar-refractivity contribution >= 4 is 12.0 Å². The average molecular weight is 529 g/mol. The van der Waals surface area contributed by atoms with Gasteiger partial charge in [0.05, 0.1) is 6.61 Å². The first-order valence-corrected chi connectivity index (χ1v) is 16.4. The van der Waals surface area contributed by atoms with Gasteiger partial charge in [-0.1, -0.05) is 167 Å². The molecule has 0 saturated heterocycles. The van der Waals surface area contributed by atoms with Crippen molar-refractivity contribution in [2.24, 2.45) is 0 Å². The summed E-state index contributed by atoms with van der Waals surface area (Å²) in [4.78, 5) is 11.8. The topological polar surface area (TPSA) is 46.5 Å². The average Bonchev–Trinajstić information content (AvgIpc) is 2.92. The Hall–Kier alpha value is -1.77. The van der Waals surface area contributed by atoms with E-state index in [-0.39, 0.29) is 11.7 Å². The number of carbonyl (C=O) groups is 1. The van der Waals surface area contributed by atoms with Gasteiger partial charge in [-0.05, 0) is 30.2 Å². The molecule has 0 bridgehead atoms. The van der Waals surface area contributed by atoms with Gasteiger partial charge in [-0.2, -0.15) is 0 Å². The maximum absolute atomic E-state index is 11.8. The van der Waals surface area contributed by atoms with Gasteiger partial charge in [0.15, 0.2) is 0 Å². The van der Waals surface area contributed by atoms with Crippen LogP contribution < -0.4 is 0 Å². The molecule has 0 heterocycles. The Morgan fingerprint density at radius 2 is 0.921 bits per heavy atom. The van der Waals surface area contributed by atoms with Crippen molar-refractivity contribution in [2.75, 3.05) is 6.61 Å². The van der Waals surface area contributed by atoms with Crippen LogP contribution in [0.5, 0.6) is 5.75 Å². The van der Waals surface area contributed by atoms with Crippen LogP contribution in [-0.4, -0.2) is 17.7 Å². The smallest absolute Gasteiger partial charge is 0.330 e. The fourth-order valence-corrected chi connectivity index (χ4v) is 5.03. The number of aromatic hydroxyl groups is 1. The Kier molecular flexibility index (Phi) is 24.2. The maximum atomic E-state index is 11.8. The second-order valence-corrected chi connectivity index (χ2v) is 11.2. The molecule has 0 amide bonds. The summed E-state index contributed by atoms with van der Waals surface area (Å²) in [6.45, 7) is 2.79. The van der Waals surface area contributed by atoms with Gasteiger partial charge >= 0.3 is 5.97 Å². The molecule has 0 unspecified atom stereocenters. The van der Waals surface area contributed by atoms with E-state index in [1.165, 1.54) is 147 Å². The van der Waals surface area contributed by atoms with Gasteiger partial charge in [0.2, 0.25) is 0 Å². The number of hydrogen-bond acceptors (Lipinski definition) is 3. The van der Waals surface area contributed by atoms with Crippen molar-refractivity contribution in [2.45, 2.75) is 161 Å². The molecule has 0 aliphatic carbocycles. The van der Waals surface area contributed by atoms with Crippen LogP contribution >= 0.6 is 0 Å². The summed E-state index contributed by atoms with van der Waals surface area (Å²) in [6, 6.07) is 6.74.